The fourth-order valence-electron chi connectivity index (χ4n) is 3.26. The third kappa shape index (κ3) is 4.79. The maximum absolute atomic E-state index is 12.4. The Labute approximate surface area is 149 Å². The van der Waals surface area contributed by atoms with Crippen LogP contribution < -0.4 is 5.32 Å². The summed E-state index contributed by atoms with van der Waals surface area (Å²) < 4.78 is 5.22. The molecular formula is C20H25N3O2. The fourth-order valence-corrected chi connectivity index (χ4v) is 3.26. The number of benzene rings is 1. The second-order valence-corrected chi connectivity index (χ2v) is 6.51. The van der Waals surface area contributed by atoms with Crippen molar-refractivity contribution in [3.63, 3.8) is 0 Å². The topological polar surface area (TPSA) is 54.5 Å². The zero-order chi connectivity index (χ0) is 17.5. The quantitative estimate of drug-likeness (QED) is 0.909. The summed E-state index contributed by atoms with van der Waals surface area (Å²) in [6.45, 7) is 2.86. The molecule has 2 amide bonds. The minimum atomic E-state index is 0.0112. The van der Waals surface area contributed by atoms with Gasteiger partial charge >= 0.3 is 6.03 Å². The molecule has 0 bridgehead atoms. The molecule has 1 aliphatic rings. The second kappa shape index (κ2) is 8.62. The third-order valence-corrected chi connectivity index (χ3v) is 4.60. The lowest BCUT2D eigenvalue weighted by Gasteiger charge is -2.32. The van der Waals surface area contributed by atoms with Crippen LogP contribution in [0.15, 0.2) is 48.8 Å². The number of nitrogens with zero attached hydrogens (tertiary/aromatic N) is 2. The number of hydrogen-bond donors (Lipinski definition) is 1. The van der Waals surface area contributed by atoms with Crippen molar-refractivity contribution in [3.8, 4) is 11.1 Å². The summed E-state index contributed by atoms with van der Waals surface area (Å²) in [6.07, 6.45) is 5.80. The summed E-state index contributed by atoms with van der Waals surface area (Å²) in [6, 6.07) is 12.2. The van der Waals surface area contributed by atoms with Crippen LogP contribution >= 0.6 is 0 Å². The molecule has 1 fully saturated rings. The van der Waals surface area contributed by atoms with E-state index >= 15 is 0 Å². The van der Waals surface area contributed by atoms with E-state index in [2.05, 4.69) is 22.4 Å². The number of nitrogens with one attached hydrogen (secondary N) is 1. The van der Waals surface area contributed by atoms with Crippen molar-refractivity contribution in [2.75, 3.05) is 26.8 Å². The maximum Gasteiger partial charge on any atom is 0.317 e. The van der Waals surface area contributed by atoms with Gasteiger partial charge in [-0.1, -0.05) is 30.3 Å². The van der Waals surface area contributed by atoms with E-state index in [0.717, 1.165) is 49.2 Å². The van der Waals surface area contributed by atoms with E-state index in [1.54, 1.807) is 13.3 Å². The van der Waals surface area contributed by atoms with Gasteiger partial charge in [0.1, 0.15) is 0 Å². The molecule has 1 aliphatic heterocycles. The first kappa shape index (κ1) is 17.4. The summed E-state index contributed by atoms with van der Waals surface area (Å²) in [5.41, 5.74) is 3.31. The zero-order valence-electron chi connectivity index (χ0n) is 14.6. The third-order valence-electron chi connectivity index (χ3n) is 4.60. The lowest BCUT2D eigenvalue weighted by molar-refractivity contribution is 0.100. The Morgan fingerprint density at radius 3 is 2.84 bits per heavy atom. The van der Waals surface area contributed by atoms with E-state index in [1.807, 2.05) is 35.4 Å². The monoisotopic (exact) mass is 339 g/mol. The number of aromatic nitrogens is 1. The molecule has 2 aromatic rings. The molecule has 1 saturated heterocycles. The number of carbonyl (C=O) groups is 1. The molecule has 132 valence electrons. The van der Waals surface area contributed by atoms with Crippen molar-refractivity contribution >= 4 is 6.03 Å². The highest BCUT2D eigenvalue weighted by molar-refractivity contribution is 5.74. The van der Waals surface area contributed by atoms with Crippen LogP contribution in [0.1, 0.15) is 18.4 Å². The Bertz CT molecular complexity index is 671. The van der Waals surface area contributed by atoms with Gasteiger partial charge in [0.05, 0.1) is 6.61 Å². The summed E-state index contributed by atoms with van der Waals surface area (Å²) >= 11 is 0. The Morgan fingerprint density at radius 2 is 2.12 bits per heavy atom. The fraction of sp³-hybridized carbons (Fsp3) is 0.400. The van der Waals surface area contributed by atoms with Crippen LogP contribution in [0.3, 0.4) is 0 Å². The van der Waals surface area contributed by atoms with Gasteiger partial charge in [0.2, 0.25) is 0 Å². The lowest BCUT2D eigenvalue weighted by atomic mass is 9.99. The minimum absolute atomic E-state index is 0.0112. The molecule has 0 aliphatic carbocycles. The average molecular weight is 339 g/mol. The molecule has 0 saturated carbocycles. The van der Waals surface area contributed by atoms with Gasteiger partial charge in [0.15, 0.2) is 0 Å². The van der Waals surface area contributed by atoms with E-state index < -0.39 is 0 Å². The first-order chi connectivity index (χ1) is 12.3. The van der Waals surface area contributed by atoms with Crippen LogP contribution in [-0.2, 0) is 11.3 Å². The molecule has 5 heteroatoms. The maximum atomic E-state index is 12.4. The Morgan fingerprint density at radius 1 is 1.28 bits per heavy atom. The number of urea groups is 1. The Hall–Kier alpha value is -2.40. The van der Waals surface area contributed by atoms with Crippen LogP contribution in [0, 0.1) is 5.92 Å². The number of likely N-dealkylation sites (tertiary alicyclic amines) is 1. The number of amides is 2. The number of methoxy groups -OCH3 is 1. The number of ether oxygens (including phenoxy) is 1. The smallest absolute Gasteiger partial charge is 0.317 e. The zero-order valence-corrected chi connectivity index (χ0v) is 14.6. The first-order valence-electron chi connectivity index (χ1n) is 8.77. The average Bonchev–Trinajstić information content (AvgIpc) is 2.68. The number of carbonyl (C=O) groups excluding carboxylic acids is 1. The van der Waals surface area contributed by atoms with Crippen LogP contribution in [0.2, 0.25) is 0 Å². The molecular weight excluding hydrogens is 314 g/mol. The molecule has 1 aromatic heterocycles. The van der Waals surface area contributed by atoms with Gasteiger partial charge in [-0.3, -0.25) is 4.98 Å². The highest BCUT2D eigenvalue weighted by Gasteiger charge is 2.23. The van der Waals surface area contributed by atoms with Crippen LogP contribution in [0.5, 0.6) is 0 Å². The normalized spacial score (nSPS) is 17.3. The molecule has 1 unspecified atom stereocenters. The predicted octanol–water partition coefficient (Wildman–Crippen LogP) is 3.32. The van der Waals surface area contributed by atoms with Crippen molar-refractivity contribution in [2.45, 2.75) is 19.4 Å². The lowest BCUT2D eigenvalue weighted by Crippen LogP contribution is -2.46. The van der Waals surface area contributed by atoms with Gasteiger partial charge in [-0.2, -0.15) is 0 Å². The molecule has 1 aromatic carbocycles. The van der Waals surface area contributed by atoms with Crippen LogP contribution in [0.4, 0.5) is 4.79 Å². The van der Waals surface area contributed by atoms with E-state index in [0.29, 0.717) is 12.5 Å². The van der Waals surface area contributed by atoms with Crippen molar-refractivity contribution in [3.05, 3.63) is 54.4 Å². The van der Waals surface area contributed by atoms with Crippen molar-refractivity contribution in [1.29, 1.82) is 0 Å². The van der Waals surface area contributed by atoms with Gasteiger partial charge < -0.3 is 15.0 Å². The minimum Gasteiger partial charge on any atom is -0.384 e. The Kier molecular flexibility index (Phi) is 6.01. The summed E-state index contributed by atoms with van der Waals surface area (Å²) in [5, 5.41) is 3.02. The largest absolute Gasteiger partial charge is 0.384 e. The van der Waals surface area contributed by atoms with Gasteiger partial charge in [0.25, 0.3) is 0 Å². The summed E-state index contributed by atoms with van der Waals surface area (Å²) in [5.74, 6) is 0.447. The molecule has 1 N–H and O–H groups in total. The highest BCUT2D eigenvalue weighted by Crippen LogP contribution is 2.19. The number of piperidine rings is 1. The van der Waals surface area contributed by atoms with E-state index in [1.165, 1.54) is 0 Å². The predicted molar refractivity (Wildman–Crippen MR) is 98.1 cm³/mol. The molecule has 5 nitrogen and oxygen atoms in total. The standard InChI is InChI=1S/C20H25N3O2/c1-25-15-17-4-3-11-23(14-17)20(24)22-12-16-6-8-18(9-7-16)19-5-2-10-21-13-19/h2,5-10,13,17H,3-4,11-12,14-15H2,1H3,(H,22,24). The van der Waals surface area contributed by atoms with E-state index in [-0.39, 0.29) is 6.03 Å². The van der Waals surface area contributed by atoms with Gasteiger partial charge in [0, 0.05) is 45.1 Å². The number of hydrogen-bond acceptors (Lipinski definition) is 3. The van der Waals surface area contributed by atoms with Gasteiger partial charge in [-0.15, -0.1) is 0 Å². The Balaban J connectivity index is 1.52. The van der Waals surface area contributed by atoms with Crippen molar-refractivity contribution in [1.82, 2.24) is 15.2 Å². The van der Waals surface area contributed by atoms with Crippen molar-refractivity contribution < 1.29 is 9.53 Å². The molecule has 1 atom stereocenters. The molecule has 0 radical (unpaired) electrons. The van der Waals surface area contributed by atoms with Crippen LogP contribution in [-0.4, -0.2) is 42.7 Å². The van der Waals surface area contributed by atoms with Gasteiger partial charge in [-0.05, 0) is 35.6 Å². The number of rotatable bonds is 5. The molecule has 3 rings (SSSR count). The van der Waals surface area contributed by atoms with Crippen LogP contribution in [0.25, 0.3) is 11.1 Å². The van der Waals surface area contributed by atoms with E-state index in [4.69, 9.17) is 4.74 Å². The summed E-state index contributed by atoms with van der Waals surface area (Å²) in [7, 11) is 1.72. The van der Waals surface area contributed by atoms with Gasteiger partial charge in [-0.25, -0.2) is 4.79 Å². The number of pyridine rings is 1. The molecule has 25 heavy (non-hydrogen) atoms. The van der Waals surface area contributed by atoms with Crippen molar-refractivity contribution in [2.24, 2.45) is 5.92 Å². The first-order valence-corrected chi connectivity index (χ1v) is 8.77. The SMILES string of the molecule is COCC1CCCN(C(=O)NCc2ccc(-c3cccnc3)cc2)C1. The second-order valence-electron chi connectivity index (χ2n) is 6.51. The molecule has 2 heterocycles. The highest BCUT2D eigenvalue weighted by atomic mass is 16.5. The molecule has 0 spiro atoms. The van der Waals surface area contributed by atoms with E-state index in [9.17, 15) is 4.79 Å². The summed E-state index contributed by atoms with van der Waals surface area (Å²) in [4.78, 5) is 18.4.